The van der Waals surface area contributed by atoms with Crippen LogP contribution >= 0.6 is 23.2 Å². The Morgan fingerprint density at radius 3 is 2.52 bits per heavy atom. The van der Waals surface area contributed by atoms with Crippen molar-refractivity contribution in [2.24, 2.45) is 0 Å². The van der Waals surface area contributed by atoms with Crippen molar-refractivity contribution in [3.63, 3.8) is 0 Å². The molecule has 0 unspecified atom stereocenters. The van der Waals surface area contributed by atoms with Gasteiger partial charge in [0, 0.05) is 22.2 Å². The normalized spacial score (nSPS) is 11.1. The van der Waals surface area contributed by atoms with Crippen LogP contribution in [0.4, 0.5) is 0 Å². The fraction of sp³-hybridized carbons (Fsp3) is 0.200. The summed E-state index contributed by atoms with van der Waals surface area (Å²) in [6.07, 6.45) is 0.814. The summed E-state index contributed by atoms with van der Waals surface area (Å²) in [5, 5.41) is 14.4. The monoisotopic (exact) mass is 450 g/mol. The van der Waals surface area contributed by atoms with Gasteiger partial charge in [0.05, 0.1) is 6.54 Å². The minimum atomic E-state index is 0.628. The molecule has 0 aliphatic heterocycles. The second-order valence-electron chi connectivity index (χ2n) is 7.54. The quantitative estimate of drug-likeness (QED) is 0.337. The van der Waals surface area contributed by atoms with Gasteiger partial charge in [0.1, 0.15) is 11.4 Å². The summed E-state index contributed by atoms with van der Waals surface area (Å²) in [6, 6.07) is 24.2. The van der Waals surface area contributed by atoms with E-state index in [0.29, 0.717) is 23.1 Å². The van der Waals surface area contributed by atoms with Gasteiger partial charge in [0.25, 0.3) is 0 Å². The first-order valence-electron chi connectivity index (χ1n) is 10.3. The van der Waals surface area contributed by atoms with Crippen LogP contribution in [-0.4, -0.2) is 21.5 Å². The second-order valence-corrected chi connectivity index (χ2v) is 8.39. The predicted molar refractivity (Wildman–Crippen MR) is 128 cm³/mol. The molecule has 4 nitrogen and oxygen atoms in total. The number of halogens is 2. The van der Waals surface area contributed by atoms with E-state index in [1.54, 1.807) is 10.9 Å². The van der Waals surface area contributed by atoms with Gasteiger partial charge in [-0.05, 0) is 43.1 Å². The van der Waals surface area contributed by atoms with Gasteiger partial charge in [-0.1, -0.05) is 89.4 Å². The van der Waals surface area contributed by atoms with Crippen LogP contribution in [0, 0.1) is 6.92 Å². The summed E-state index contributed by atoms with van der Waals surface area (Å²) in [5.74, 6) is 0. The third-order valence-electron chi connectivity index (χ3n) is 5.06. The molecule has 0 aliphatic rings. The Morgan fingerprint density at radius 1 is 0.903 bits per heavy atom. The van der Waals surface area contributed by atoms with E-state index >= 15 is 0 Å². The second kappa shape index (κ2) is 10.1. The van der Waals surface area contributed by atoms with E-state index in [4.69, 9.17) is 33.4 Å². The fourth-order valence-electron chi connectivity index (χ4n) is 3.52. The standard InChI is InChI=1S/C25H24Cl2N4/c1-18-6-5-7-19(14-18)17-31-29-24(25(30-31)21-8-3-2-4-9-21)16-28-13-12-20-10-11-22(26)15-23(20)27/h2-11,14-15,28H,12-13,16-17H2,1H3. The molecule has 0 aliphatic carbocycles. The minimum absolute atomic E-state index is 0.628. The summed E-state index contributed by atoms with van der Waals surface area (Å²) >= 11 is 12.3. The van der Waals surface area contributed by atoms with E-state index in [2.05, 4.69) is 48.6 Å². The topological polar surface area (TPSA) is 42.7 Å². The summed E-state index contributed by atoms with van der Waals surface area (Å²) in [7, 11) is 0. The molecule has 1 N–H and O–H groups in total. The van der Waals surface area contributed by atoms with Crippen LogP contribution in [0.3, 0.4) is 0 Å². The van der Waals surface area contributed by atoms with E-state index < -0.39 is 0 Å². The Balaban J connectivity index is 1.48. The highest BCUT2D eigenvalue weighted by atomic mass is 35.5. The van der Waals surface area contributed by atoms with E-state index in [9.17, 15) is 0 Å². The number of hydrogen-bond donors (Lipinski definition) is 1. The molecular formula is C25H24Cl2N4. The zero-order chi connectivity index (χ0) is 21.6. The maximum absolute atomic E-state index is 6.28. The molecule has 6 heteroatoms. The lowest BCUT2D eigenvalue weighted by Crippen LogP contribution is -2.18. The van der Waals surface area contributed by atoms with Crippen LogP contribution in [0.1, 0.15) is 22.4 Å². The van der Waals surface area contributed by atoms with Crippen molar-refractivity contribution in [1.29, 1.82) is 0 Å². The SMILES string of the molecule is Cc1cccc(Cn2nc(CNCCc3ccc(Cl)cc3Cl)c(-c3ccccc3)n2)c1. The highest BCUT2D eigenvalue weighted by molar-refractivity contribution is 6.35. The average Bonchev–Trinajstić information content (AvgIpc) is 3.15. The van der Waals surface area contributed by atoms with E-state index in [-0.39, 0.29) is 0 Å². The lowest BCUT2D eigenvalue weighted by Gasteiger charge is -2.06. The molecule has 0 fully saturated rings. The summed E-state index contributed by atoms with van der Waals surface area (Å²) in [5.41, 5.74) is 6.40. The molecule has 0 spiro atoms. The van der Waals surface area contributed by atoms with Crippen LogP contribution in [0.2, 0.25) is 10.0 Å². The van der Waals surface area contributed by atoms with Crippen LogP contribution in [-0.2, 0) is 19.5 Å². The predicted octanol–water partition coefficient (Wildman–Crippen LogP) is 5.94. The number of hydrogen-bond acceptors (Lipinski definition) is 3. The lowest BCUT2D eigenvalue weighted by atomic mass is 10.1. The van der Waals surface area contributed by atoms with Crippen molar-refractivity contribution in [3.8, 4) is 11.3 Å². The molecule has 0 amide bonds. The Kier molecular flexibility index (Phi) is 7.03. The number of nitrogens with zero attached hydrogens (tertiary/aromatic N) is 3. The third-order valence-corrected chi connectivity index (χ3v) is 5.64. The van der Waals surface area contributed by atoms with E-state index in [1.807, 2.05) is 30.3 Å². The van der Waals surface area contributed by atoms with Gasteiger partial charge in [0.15, 0.2) is 0 Å². The van der Waals surface area contributed by atoms with Crippen LogP contribution in [0.5, 0.6) is 0 Å². The molecule has 1 heterocycles. The van der Waals surface area contributed by atoms with Crippen molar-refractivity contribution in [1.82, 2.24) is 20.3 Å². The van der Waals surface area contributed by atoms with Crippen LogP contribution in [0.15, 0.2) is 72.8 Å². The average molecular weight is 451 g/mol. The van der Waals surface area contributed by atoms with Gasteiger partial charge in [-0.3, -0.25) is 0 Å². The Bertz CT molecular complexity index is 1160. The molecular weight excluding hydrogens is 427 g/mol. The number of benzene rings is 3. The van der Waals surface area contributed by atoms with Gasteiger partial charge in [0.2, 0.25) is 0 Å². The molecule has 4 aromatic rings. The zero-order valence-corrected chi connectivity index (χ0v) is 18.9. The molecule has 3 aromatic carbocycles. The summed E-state index contributed by atoms with van der Waals surface area (Å²) < 4.78 is 0. The molecule has 0 atom stereocenters. The molecule has 158 valence electrons. The molecule has 0 radical (unpaired) electrons. The Morgan fingerprint density at radius 2 is 1.74 bits per heavy atom. The molecule has 31 heavy (non-hydrogen) atoms. The number of rotatable bonds is 8. The first-order valence-corrected chi connectivity index (χ1v) is 11.0. The van der Waals surface area contributed by atoms with Crippen molar-refractivity contribution in [3.05, 3.63) is 105 Å². The highest BCUT2D eigenvalue weighted by Gasteiger charge is 2.13. The summed E-state index contributed by atoms with van der Waals surface area (Å²) in [4.78, 5) is 1.78. The van der Waals surface area contributed by atoms with Gasteiger partial charge < -0.3 is 5.32 Å². The van der Waals surface area contributed by atoms with Crippen molar-refractivity contribution >= 4 is 23.2 Å². The lowest BCUT2D eigenvalue weighted by molar-refractivity contribution is 0.576. The van der Waals surface area contributed by atoms with E-state index in [1.165, 1.54) is 11.1 Å². The van der Waals surface area contributed by atoms with Gasteiger partial charge >= 0.3 is 0 Å². The zero-order valence-electron chi connectivity index (χ0n) is 17.4. The maximum Gasteiger partial charge on any atom is 0.117 e. The maximum atomic E-state index is 6.28. The Hall–Kier alpha value is -2.66. The molecule has 0 saturated heterocycles. The van der Waals surface area contributed by atoms with Crippen molar-refractivity contribution in [2.45, 2.75) is 26.4 Å². The third kappa shape index (κ3) is 5.73. The van der Waals surface area contributed by atoms with Crippen molar-refractivity contribution in [2.75, 3.05) is 6.54 Å². The summed E-state index contributed by atoms with van der Waals surface area (Å²) in [6.45, 7) is 4.14. The number of aromatic nitrogens is 3. The van der Waals surface area contributed by atoms with Gasteiger partial charge in [-0.2, -0.15) is 15.0 Å². The highest BCUT2D eigenvalue weighted by Crippen LogP contribution is 2.22. The number of nitrogens with one attached hydrogen (secondary N) is 1. The van der Waals surface area contributed by atoms with Crippen LogP contribution in [0.25, 0.3) is 11.3 Å². The van der Waals surface area contributed by atoms with Crippen molar-refractivity contribution < 1.29 is 0 Å². The molecule has 0 bridgehead atoms. The first kappa shape index (κ1) is 21.6. The van der Waals surface area contributed by atoms with Crippen LogP contribution < -0.4 is 5.32 Å². The van der Waals surface area contributed by atoms with Gasteiger partial charge in [-0.25, -0.2) is 0 Å². The van der Waals surface area contributed by atoms with E-state index in [0.717, 1.165) is 35.5 Å². The largest absolute Gasteiger partial charge is 0.311 e. The molecule has 0 saturated carbocycles. The smallest absolute Gasteiger partial charge is 0.117 e. The molecule has 4 rings (SSSR count). The number of aryl methyl sites for hydroxylation is 1. The Labute approximate surface area is 192 Å². The molecule has 1 aromatic heterocycles. The first-order chi connectivity index (χ1) is 15.1. The fourth-order valence-corrected chi connectivity index (χ4v) is 4.02. The minimum Gasteiger partial charge on any atom is -0.311 e. The van der Waals surface area contributed by atoms with Gasteiger partial charge in [-0.15, -0.1) is 0 Å².